The Morgan fingerprint density at radius 2 is 1.33 bits per heavy atom. The zero-order chi connectivity index (χ0) is 7.71. The van der Waals surface area contributed by atoms with E-state index in [1.165, 1.54) is 6.42 Å². The van der Waals surface area contributed by atoms with E-state index < -0.39 is 0 Å². The van der Waals surface area contributed by atoms with Crippen molar-refractivity contribution in [2.75, 3.05) is 0 Å². The van der Waals surface area contributed by atoms with Crippen molar-refractivity contribution in [2.45, 2.75) is 41.0 Å². The molecule has 1 radical (unpaired) electrons. The molecule has 9 heavy (non-hydrogen) atoms. The molecule has 0 amide bonds. The van der Waals surface area contributed by atoms with E-state index >= 15 is 0 Å². The maximum Gasteiger partial charge on any atom is -0.0349 e. The van der Waals surface area contributed by atoms with E-state index in [4.69, 9.17) is 0 Å². The van der Waals surface area contributed by atoms with E-state index in [0.29, 0.717) is 5.41 Å². The highest BCUT2D eigenvalue weighted by molar-refractivity contribution is 4.77. The van der Waals surface area contributed by atoms with Crippen molar-refractivity contribution in [1.82, 2.24) is 0 Å². The lowest BCUT2D eigenvalue weighted by molar-refractivity contribution is 0.260. The van der Waals surface area contributed by atoms with Crippen LogP contribution in [0.1, 0.15) is 41.0 Å². The van der Waals surface area contributed by atoms with Gasteiger partial charge in [0.25, 0.3) is 0 Å². The van der Waals surface area contributed by atoms with E-state index in [0.717, 1.165) is 0 Å². The molecule has 0 aliphatic heterocycles. The Balaban J connectivity index is 3.75. The Bertz CT molecular complexity index is 65.2. The smallest absolute Gasteiger partial charge is 0.0349 e. The molecule has 0 spiro atoms. The summed E-state index contributed by atoms with van der Waals surface area (Å²) in [6.07, 6.45) is 1.18. The van der Waals surface area contributed by atoms with Crippen LogP contribution in [0.5, 0.6) is 0 Å². The fourth-order valence-corrected chi connectivity index (χ4v) is 1.44. The van der Waals surface area contributed by atoms with Crippen molar-refractivity contribution >= 4 is 0 Å². The highest BCUT2D eigenvalue weighted by Crippen LogP contribution is 2.31. The third-order valence-electron chi connectivity index (χ3n) is 1.01. The number of rotatable bonds is 1. The lowest BCUT2D eigenvalue weighted by Crippen LogP contribution is -2.17. The largest absolute Gasteiger partial charge is 0.0602 e. The van der Waals surface area contributed by atoms with E-state index in [2.05, 4.69) is 41.5 Å². The van der Waals surface area contributed by atoms with Crippen LogP contribution in [-0.4, -0.2) is 0 Å². The van der Waals surface area contributed by atoms with Crippen LogP contribution < -0.4 is 0 Å². The standard InChI is InChI=1S/C9H19/c1-8(2,3)7-9(4,5)6/h1,7H2,2-6H3. The molecule has 0 aliphatic rings. The van der Waals surface area contributed by atoms with Gasteiger partial charge in [0.2, 0.25) is 0 Å². The summed E-state index contributed by atoms with van der Waals surface area (Å²) in [6.45, 7) is 15.2. The summed E-state index contributed by atoms with van der Waals surface area (Å²) in [5.41, 5.74) is 0.656. The highest BCUT2D eigenvalue weighted by Gasteiger charge is 2.20. The Morgan fingerprint density at radius 3 is 1.33 bits per heavy atom. The predicted molar refractivity (Wildman–Crippen MR) is 43.2 cm³/mol. The average Bonchev–Trinajstić information content (AvgIpc) is 1.14. The average molecular weight is 127 g/mol. The van der Waals surface area contributed by atoms with Gasteiger partial charge in [-0.15, -0.1) is 0 Å². The third-order valence-corrected chi connectivity index (χ3v) is 1.01. The van der Waals surface area contributed by atoms with Crippen molar-refractivity contribution in [2.24, 2.45) is 10.8 Å². The molecule has 0 aromatic rings. The summed E-state index contributed by atoms with van der Waals surface area (Å²) >= 11 is 0. The Kier molecular flexibility index (Phi) is 2.32. The van der Waals surface area contributed by atoms with Crippen molar-refractivity contribution in [3.05, 3.63) is 6.92 Å². The van der Waals surface area contributed by atoms with Gasteiger partial charge >= 0.3 is 0 Å². The molecule has 0 fully saturated rings. The van der Waals surface area contributed by atoms with E-state index in [1.807, 2.05) is 0 Å². The van der Waals surface area contributed by atoms with E-state index in [9.17, 15) is 0 Å². The Morgan fingerprint density at radius 1 is 1.00 bits per heavy atom. The number of hydrogen-bond acceptors (Lipinski definition) is 0. The highest BCUT2D eigenvalue weighted by atomic mass is 14.3. The molecule has 0 saturated heterocycles. The van der Waals surface area contributed by atoms with Crippen molar-refractivity contribution < 1.29 is 0 Å². The van der Waals surface area contributed by atoms with Gasteiger partial charge in [-0.05, 0) is 24.2 Å². The van der Waals surface area contributed by atoms with Gasteiger partial charge in [0.15, 0.2) is 0 Å². The van der Waals surface area contributed by atoms with Crippen molar-refractivity contribution in [3.63, 3.8) is 0 Å². The third kappa shape index (κ3) is 8.00. The molecule has 0 heteroatoms. The zero-order valence-electron chi connectivity index (χ0n) is 7.41. The molecule has 0 saturated carbocycles. The van der Waals surface area contributed by atoms with Crippen LogP contribution in [0, 0.1) is 17.8 Å². The molecule has 0 unspecified atom stereocenters. The second-order valence-corrected chi connectivity index (χ2v) is 4.90. The second kappa shape index (κ2) is 2.32. The van der Waals surface area contributed by atoms with E-state index in [-0.39, 0.29) is 5.41 Å². The summed E-state index contributed by atoms with van der Waals surface area (Å²) in [4.78, 5) is 0. The molecule has 0 nitrogen and oxygen atoms in total. The first-order valence-electron chi connectivity index (χ1n) is 3.56. The first-order valence-corrected chi connectivity index (χ1v) is 3.56. The van der Waals surface area contributed by atoms with Gasteiger partial charge in [-0.25, -0.2) is 0 Å². The molecule has 0 atom stereocenters. The Labute approximate surface area is 59.7 Å². The van der Waals surface area contributed by atoms with Crippen LogP contribution in [0.4, 0.5) is 0 Å². The lowest BCUT2D eigenvalue weighted by Gasteiger charge is -2.28. The molecule has 0 bridgehead atoms. The molecular formula is C9H19. The van der Waals surface area contributed by atoms with Crippen LogP contribution in [0.3, 0.4) is 0 Å². The number of hydrogen-bond donors (Lipinski definition) is 0. The maximum atomic E-state index is 4.06. The van der Waals surface area contributed by atoms with Gasteiger partial charge in [0.05, 0.1) is 0 Å². The monoisotopic (exact) mass is 127 g/mol. The minimum Gasteiger partial charge on any atom is -0.0602 e. The molecule has 0 rings (SSSR count). The summed E-state index contributed by atoms with van der Waals surface area (Å²) < 4.78 is 0. The van der Waals surface area contributed by atoms with Crippen LogP contribution in [-0.2, 0) is 0 Å². The molecule has 0 heterocycles. The predicted octanol–water partition coefficient (Wildman–Crippen LogP) is 3.28. The van der Waals surface area contributed by atoms with Gasteiger partial charge in [-0.1, -0.05) is 34.6 Å². The van der Waals surface area contributed by atoms with E-state index in [1.54, 1.807) is 0 Å². The van der Waals surface area contributed by atoms with Gasteiger partial charge in [-0.2, -0.15) is 0 Å². The second-order valence-electron chi connectivity index (χ2n) is 4.90. The maximum absolute atomic E-state index is 4.06. The summed E-state index contributed by atoms with van der Waals surface area (Å²) in [6, 6.07) is 0. The van der Waals surface area contributed by atoms with Gasteiger partial charge in [0, 0.05) is 0 Å². The van der Waals surface area contributed by atoms with Crippen molar-refractivity contribution in [1.29, 1.82) is 0 Å². The first kappa shape index (κ1) is 9.00. The van der Waals surface area contributed by atoms with Crippen LogP contribution in [0.2, 0.25) is 0 Å². The molecule has 0 aromatic heterocycles. The topological polar surface area (TPSA) is 0 Å². The van der Waals surface area contributed by atoms with Crippen LogP contribution in [0.15, 0.2) is 0 Å². The summed E-state index contributed by atoms with van der Waals surface area (Å²) in [5, 5.41) is 0. The molecule has 55 valence electrons. The minimum atomic E-state index is 0.234. The fraction of sp³-hybridized carbons (Fsp3) is 0.889. The molecule has 0 aromatic carbocycles. The zero-order valence-corrected chi connectivity index (χ0v) is 7.41. The van der Waals surface area contributed by atoms with Gasteiger partial charge in [-0.3, -0.25) is 0 Å². The van der Waals surface area contributed by atoms with Gasteiger partial charge < -0.3 is 0 Å². The quantitative estimate of drug-likeness (QED) is 0.507. The van der Waals surface area contributed by atoms with Gasteiger partial charge in [0.1, 0.15) is 0 Å². The molecule has 0 aliphatic carbocycles. The van der Waals surface area contributed by atoms with Crippen molar-refractivity contribution in [3.8, 4) is 0 Å². The summed E-state index contributed by atoms with van der Waals surface area (Å²) in [7, 11) is 0. The first-order chi connectivity index (χ1) is 3.71. The van der Waals surface area contributed by atoms with Crippen LogP contribution >= 0.6 is 0 Å². The van der Waals surface area contributed by atoms with Crippen LogP contribution in [0.25, 0.3) is 0 Å². The Hall–Kier alpha value is 0. The molecular weight excluding hydrogens is 108 g/mol. The minimum absolute atomic E-state index is 0.234. The normalized spacial score (nSPS) is 14.0. The SMILES string of the molecule is [CH2]C(C)(C)CC(C)(C)C. The summed E-state index contributed by atoms with van der Waals surface area (Å²) in [5.74, 6) is 0. The lowest BCUT2D eigenvalue weighted by atomic mass is 9.78. The molecule has 0 N–H and O–H groups in total. The fourth-order valence-electron chi connectivity index (χ4n) is 1.44.